The molecule has 0 amide bonds. The third kappa shape index (κ3) is 3.01. The van der Waals surface area contributed by atoms with Crippen LogP contribution in [0.15, 0.2) is 35.5 Å². The molecule has 148 valence electrons. The number of hydrogen-bond donors (Lipinski definition) is 2. The maximum absolute atomic E-state index is 9.79. The van der Waals surface area contributed by atoms with Crippen molar-refractivity contribution in [3.05, 3.63) is 47.0 Å². The van der Waals surface area contributed by atoms with Crippen molar-refractivity contribution in [1.29, 1.82) is 0 Å². The Balaban J connectivity index is 1.77. The van der Waals surface area contributed by atoms with Gasteiger partial charge in [-0.3, -0.25) is 0 Å². The van der Waals surface area contributed by atoms with Crippen molar-refractivity contribution in [2.24, 2.45) is 5.16 Å². The second-order valence-electron chi connectivity index (χ2n) is 7.07. The molecule has 0 radical (unpaired) electrons. The first-order valence-electron chi connectivity index (χ1n) is 9.33. The summed E-state index contributed by atoms with van der Waals surface area (Å²) >= 11 is 0. The lowest BCUT2D eigenvalue weighted by Crippen LogP contribution is -3.10. The van der Waals surface area contributed by atoms with Crippen molar-refractivity contribution in [2.45, 2.75) is 18.9 Å². The molecule has 7 nitrogen and oxygen atoms in total. The molecule has 2 aromatic carbocycles. The predicted molar refractivity (Wildman–Crippen MR) is 103 cm³/mol. The van der Waals surface area contributed by atoms with Crippen LogP contribution in [0.3, 0.4) is 0 Å². The van der Waals surface area contributed by atoms with Crippen LogP contribution in [0, 0.1) is 0 Å². The highest BCUT2D eigenvalue weighted by molar-refractivity contribution is 6.02. The highest BCUT2D eigenvalue weighted by Crippen LogP contribution is 2.48. The second-order valence-corrected chi connectivity index (χ2v) is 7.07. The lowest BCUT2D eigenvalue weighted by atomic mass is 9.87. The van der Waals surface area contributed by atoms with Gasteiger partial charge in [-0.1, -0.05) is 17.3 Å². The van der Waals surface area contributed by atoms with Crippen molar-refractivity contribution in [3.63, 3.8) is 0 Å². The Hall–Kier alpha value is -2.93. The summed E-state index contributed by atoms with van der Waals surface area (Å²) in [5.41, 5.74) is 3.64. The Labute approximate surface area is 164 Å². The average molecular weight is 385 g/mol. The van der Waals surface area contributed by atoms with E-state index in [1.54, 1.807) is 14.2 Å². The first-order valence-corrected chi connectivity index (χ1v) is 9.33. The fourth-order valence-electron chi connectivity index (χ4n) is 4.18. The Bertz CT molecular complexity index is 912. The van der Waals surface area contributed by atoms with Crippen LogP contribution in [0.5, 0.6) is 23.0 Å². The lowest BCUT2D eigenvalue weighted by Gasteiger charge is -2.33. The van der Waals surface area contributed by atoms with Gasteiger partial charge in [0.05, 0.1) is 45.5 Å². The number of benzene rings is 2. The van der Waals surface area contributed by atoms with Crippen LogP contribution in [-0.4, -0.2) is 45.5 Å². The number of fused-ring (bicyclic) bond motifs is 2. The van der Waals surface area contributed by atoms with E-state index in [9.17, 15) is 5.21 Å². The highest BCUT2D eigenvalue weighted by Gasteiger charge is 2.37. The van der Waals surface area contributed by atoms with E-state index in [1.165, 1.54) is 10.5 Å². The lowest BCUT2D eigenvalue weighted by molar-refractivity contribution is -0.913. The first-order chi connectivity index (χ1) is 13.7. The minimum Gasteiger partial charge on any atom is -0.496 e. The number of ether oxygens (including phenoxy) is 4. The van der Waals surface area contributed by atoms with E-state index in [4.69, 9.17) is 18.9 Å². The van der Waals surface area contributed by atoms with E-state index >= 15 is 0 Å². The molecule has 0 bridgehead atoms. The summed E-state index contributed by atoms with van der Waals surface area (Å²) in [4.78, 5) is 1.32. The molecule has 2 aromatic rings. The second kappa shape index (κ2) is 7.59. The van der Waals surface area contributed by atoms with Gasteiger partial charge >= 0.3 is 0 Å². The van der Waals surface area contributed by atoms with Crippen molar-refractivity contribution < 1.29 is 29.1 Å². The standard InChI is InChI=1S/C21H24N2O5/c1-23-9-8-13-10-18-20(28-12-27-18)21(26-3)19(13)16(23)11-15(22-24)14-6-4-5-7-17(14)25-2/h4-7,10,16,24H,8-9,11-12H2,1-3H3/p+1/b22-15+/t16-/m1/s1. The topological polar surface area (TPSA) is 74.0 Å². The Morgan fingerprint density at radius 3 is 2.82 bits per heavy atom. The van der Waals surface area contributed by atoms with E-state index in [-0.39, 0.29) is 12.8 Å². The van der Waals surface area contributed by atoms with Crippen LogP contribution in [-0.2, 0) is 6.42 Å². The molecule has 4 rings (SSSR count). The van der Waals surface area contributed by atoms with Gasteiger partial charge < -0.3 is 29.1 Å². The molecular weight excluding hydrogens is 360 g/mol. The summed E-state index contributed by atoms with van der Waals surface area (Å²) in [6.07, 6.45) is 1.45. The van der Waals surface area contributed by atoms with E-state index < -0.39 is 0 Å². The van der Waals surface area contributed by atoms with E-state index in [0.717, 1.165) is 29.8 Å². The molecule has 7 heteroatoms. The monoisotopic (exact) mass is 385 g/mol. The number of para-hydroxylation sites is 1. The zero-order valence-electron chi connectivity index (χ0n) is 16.3. The number of nitrogens with zero attached hydrogens (tertiary/aromatic N) is 1. The maximum Gasteiger partial charge on any atom is 0.231 e. The van der Waals surface area contributed by atoms with Crippen molar-refractivity contribution >= 4 is 5.71 Å². The summed E-state index contributed by atoms with van der Waals surface area (Å²) < 4.78 is 22.5. The van der Waals surface area contributed by atoms with E-state index in [0.29, 0.717) is 29.4 Å². The number of likely N-dealkylation sites (N-methyl/N-ethyl adjacent to an activating group) is 1. The van der Waals surface area contributed by atoms with Crippen LogP contribution in [0.2, 0.25) is 0 Å². The minimum atomic E-state index is 0.0454. The first kappa shape index (κ1) is 18.4. The number of rotatable bonds is 5. The van der Waals surface area contributed by atoms with Crippen LogP contribution in [0.4, 0.5) is 0 Å². The maximum atomic E-state index is 9.79. The zero-order chi connectivity index (χ0) is 19.7. The molecule has 28 heavy (non-hydrogen) atoms. The van der Waals surface area contributed by atoms with Gasteiger partial charge in [0, 0.05) is 12.0 Å². The third-order valence-corrected chi connectivity index (χ3v) is 5.62. The smallest absolute Gasteiger partial charge is 0.231 e. The molecular formula is C21H25N2O5+. The summed E-state index contributed by atoms with van der Waals surface area (Å²) in [6, 6.07) is 9.68. The summed E-state index contributed by atoms with van der Waals surface area (Å²) in [6.45, 7) is 1.16. The molecule has 0 spiro atoms. The average Bonchev–Trinajstić information content (AvgIpc) is 3.20. The Morgan fingerprint density at radius 1 is 1.25 bits per heavy atom. The fourth-order valence-corrected chi connectivity index (χ4v) is 4.18. The van der Waals surface area contributed by atoms with E-state index in [2.05, 4.69) is 18.3 Å². The molecule has 0 saturated heterocycles. The summed E-state index contributed by atoms with van der Waals surface area (Å²) in [5.74, 6) is 2.78. The van der Waals surface area contributed by atoms with Gasteiger partial charge in [0.1, 0.15) is 11.8 Å². The van der Waals surface area contributed by atoms with Crippen molar-refractivity contribution in [3.8, 4) is 23.0 Å². The van der Waals surface area contributed by atoms with Crippen molar-refractivity contribution in [1.82, 2.24) is 0 Å². The molecule has 2 aliphatic heterocycles. The van der Waals surface area contributed by atoms with Crippen LogP contribution in [0.1, 0.15) is 29.2 Å². The van der Waals surface area contributed by atoms with Gasteiger partial charge in [-0.15, -0.1) is 0 Å². The molecule has 1 unspecified atom stereocenters. The molecule has 0 fully saturated rings. The van der Waals surface area contributed by atoms with Crippen LogP contribution in [0.25, 0.3) is 0 Å². The predicted octanol–water partition coefficient (Wildman–Crippen LogP) is 1.81. The van der Waals surface area contributed by atoms with Gasteiger partial charge in [0.25, 0.3) is 0 Å². The number of quaternary nitrogens is 1. The SMILES string of the molecule is COc1ccccc1/C(C[C@@H]1c2c(cc3c(c2OC)OCO3)CC[NH+]1C)=N/O. The van der Waals surface area contributed by atoms with Gasteiger partial charge in [-0.05, 0) is 23.8 Å². The van der Waals surface area contributed by atoms with Crippen LogP contribution >= 0.6 is 0 Å². The van der Waals surface area contributed by atoms with Gasteiger partial charge in [-0.2, -0.15) is 0 Å². The Morgan fingerprint density at radius 2 is 2.07 bits per heavy atom. The van der Waals surface area contributed by atoms with Gasteiger partial charge in [0.2, 0.25) is 12.5 Å². The number of nitrogens with one attached hydrogen (secondary N) is 1. The minimum absolute atomic E-state index is 0.0454. The summed E-state index contributed by atoms with van der Waals surface area (Å²) in [7, 11) is 5.42. The number of hydrogen-bond acceptors (Lipinski definition) is 6. The molecule has 2 heterocycles. The quantitative estimate of drug-likeness (QED) is 0.467. The molecule has 0 aliphatic carbocycles. The summed E-state index contributed by atoms with van der Waals surface area (Å²) in [5, 5.41) is 13.4. The van der Waals surface area contributed by atoms with Gasteiger partial charge in [-0.25, -0.2) is 0 Å². The number of methoxy groups -OCH3 is 2. The molecule has 2 aliphatic rings. The number of oxime groups is 1. The fraction of sp³-hybridized carbons (Fsp3) is 0.381. The molecule has 2 atom stereocenters. The molecule has 0 saturated carbocycles. The van der Waals surface area contributed by atoms with Crippen LogP contribution < -0.4 is 23.8 Å². The highest BCUT2D eigenvalue weighted by atomic mass is 16.7. The third-order valence-electron chi connectivity index (χ3n) is 5.62. The zero-order valence-corrected chi connectivity index (χ0v) is 16.3. The van der Waals surface area contributed by atoms with E-state index in [1.807, 2.05) is 24.3 Å². The van der Waals surface area contributed by atoms with Crippen molar-refractivity contribution in [2.75, 3.05) is 34.6 Å². The largest absolute Gasteiger partial charge is 0.496 e. The Kier molecular flexibility index (Phi) is 5.00. The molecule has 2 N–H and O–H groups in total. The van der Waals surface area contributed by atoms with Gasteiger partial charge in [0.15, 0.2) is 11.5 Å². The normalized spacial score (nSPS) is 20.6. The molecule has 0 aromatic heterocycles.